The van der Waals surface area contributed by atoms with Gasteiger partial charge in [0.25, 0.3) is 0 Å². The first-order chi connectivity index (χ1) is 7.76. The summed E-state index contributed by atoms with van der Waals surface area (Å²) in [5.74, 6) is -0.127. The Hall–Kier alpha value is -1.10. The molecule has 0 aromatic carbocycles. The Bertz CT molecular complexity index is 326. The zero-order valence-electron chi connectivity index (χ0n) is 9.78. The van der Waals surface area contributed by atoms with Crippen molar-refractivity contribution in [1.29, 1.82) is 0 Å². The van der Waals surface area contributed by atoms with Gasteiger partial charge in [-0.05, 0) is 19.8 Å². The normalized spacial score (nSPS) is 10.1. The smallest absolute Gasteiger partial charge is 0.305 e. The first-order valence-corrected chi connectivity index (χ1v) is 6.48. The summed E-state index contributed by atoms with van der Waals surface area (Å²) in [7, 11) is 0. The van der Waals surface area contributed by atoms with Crippen molar-refractivity contribution in [3.05, 3.63) is 11.1 Å². The van der Waals surface area contributed by atoms with Crippen molar-refractivity contribution in [3.63, 3.8) is 0 Å². The first kappa shape index (κ1) is 13.0. The van der Waals surface area contributed by atoms with Crippen LogP contribution in [0, 0.1) is 0 Å². The van der Waals surface area contributed by atoms with Crippen molar-refractivity contribution in [3.8, 4) is 0 Å². The lowest BCUT2D eigenvalue weighted by atomic mass is 10.3. The molecule has 1 aromatic rings. The molecular weight excluding hydrogens is 224 g/mol. The highest BCUT2D eigenvalue weighted by atomic mass is 32.1. The Kier molecular flexibility index (Phi) is 5.85. The molecular formula is C11H18N2O2S. The molecule has 5 heteroatoms. The second kappa shape index (κ2) is 7.22. The fraction of sp³-hybridized carbons (Fsp3) is 0.636. The van der Waals surface area contributed by atoms with Crippen LogP contribution < -0.4 is 5.32 Å². The van der Waals surface area contributed by atoms with Gasteiger partial charge in [-0.3, -0.25) is 4.79 Å². The molecule has 1 N–H and O–H groups in total. The molecule has 0 atom stereocenters. The van der Waals surface area contributed by atoms with Gasteiger partial charge in [-0.15, -0.1) is 11.3 Å². The van der Waals surface area contributed by atoms with Crippen LogP contribution in [0.2, 0.25) is 0 Å². The number of nitrogens with zero attached hydrogens (tertiary/aromatic N) is 1. The van der Waals surface area contributed by atoms with E-state index in [2.05, 4.69) is 17.2 Å². The Morgan fingerprint density at radius 1 is 1.56 bits per heavy atom. The van der Waals surface area contributed by atoms with Gasteiger partial charge in [-0.2, -0.15) is 0 Å². The number of rotatable bonds is 7. The number of esters is 1. The SMILES string of the molecule is CCOC(=O)CCCNc1nc(CC)cs1. The third-order valence-electron chi connectivity index (χ3n) is 2.05. The van der Waals surface area contributed by atoms with Crippen LogP contribution in [0.25, 0.3) is 0 Å². The zero-order chi connectivity index (χ0) is 11.8. The van der Waals surface area contributed by atoms with Crippen LogP contribution in [0.15, 0.2) is 5.38 Å². The standard InChI is InChI=1S/C11H18N2O2S/c1-3-9-8-16-11(13-9)12-7-5-6-10(14)15-4-2/h8H,3-7H2,1-2H3,(H,12,13). The van der Waals surface area contributed by atoms with Crippen molar-refractivity contribution in [1.82, 2.24) is 4.98 Å². The van der Waals surface area contributed by atoms with Gasteiger partial charge >= 0.3 is 5.97 Å². The van der Waals surface area contributed by atoms with Gasteiger partial charge in [0, 0.05) is 18.3 Å². The summed E-state index contributed by atoms with van der Waals surface area (Å²) in [6.07, 6.45) is 2.20. The van der Waals surface area contributed by atoms with E-state index in [4.69, 9.17) is 4.74 Å². The van der Waals surface area contributed by atoms with E-state index < -0.39 is 0 Å². The second-order valence-corrected chi connectivity index (χ2v) is 4.19. The molecule has 0 saturated heterocycles. The number of ether oxygens (including phenoxy) is 1. The number of anilines is 1. The predicted molar refractivity (Wildman–Crippen MR) is 65.8 cm³/mol. The molecule has 0 aliphatic heterocycles. The van der Waals surface area contributed by atoms with Gasteiger partial charge in [0.2, 0.25) is 0 Å². The van der Waals surface area contributed by atoms with Gasteiger partial charge in [-0.1, -0.05) is 6.92 Å². The average molecular weight is 242 g/mol. The van der Waals surface area contributed by atoms with Gasteiger partial charge in [0.1, 0.15) is 0 Å². The van der Waals surface area contributed by atoms with Crippen molar-refractivity contribution in [2.45, 2.75) is 33.1 Å². The van der Waals surface area contributed by atoms with E-state index in [1.807, 2.05) is 12.3 Å². The molecule has 1 heterocycles. The molecule has 0 saturated carbocycles. The molecule has 1 aromatic heterocycles. The monoisotopic (exact) mass is 242 g/mol. The summed E-state index contributed by atoms with van der Waals surface area (Å²) in [6.45, 7) is 5.12. The molecule has 0 bridgehead atoms. The highest BCUT2D eigenvalue weighted by molar-refractivity contribution is 7.13. The van der Waals surface area contributed by atoms with Gasteiger partial charge in [-0.25, -0.2) is 4.98 Å². The van der Waals surface area contributed by atoms with Crippen molar-refractivity contribution >= 4 is 22.4 Å². The molecule has 0 aliphatic rings. The lowest BCUT2D eigenvalue weighted by molar-refractivity contribution is -0.143. The number of thiazole rings is 1. The minimum atomic E-state index is -0.127. The quantitative estimate of drug-likeness (QED) is 0.589. The number of carbonyl (C=O) groups excluding carboxylic acids is 1. The summed E-state index contributed by atoms with van der Waals surface area (Å²) in [5, 5.41) is 6.18. The number of hydrogen-bond donors (Lipinski definition) is 1. The van der Waals surface area contributed by atoms with Crippen molar-refractivity contribution < 1.29 is 9.53 Å². The fourth-order valence-electron chi connectivity index (χ4n) is 1.21. The lowest BCUT2D eigenvalue weighted by Crippen LogP contribution is -2.08. The number of aromatic nitrogens is 1. The average Bonchev–Trinajstić information content (AvgIpc) is 2.73. The molecule has 0 fully saturated rings. The van der Waals surface area contributed by atoms with Crippen LogP contribution in [-0.2, 0) is 16.0 Å². The van der Waals surface area contributed by atoms with Crippen LogP contribution in [0.4, 0.5) is 5.13 Å². The fourth-order valence-corrected chi connectivity index (χ4v) is 2.03. The van der Waals surface area contributed by atoms with Crippen LogP contribution in [-0.4, -0.2) is 24.1 Å². The van der Waals surface area contributed by atoms with E-state index in [-0.39, 0.29) is 5.97 Å². The van der Waals surface area contributed by atoms with Crippen molar-refractivity contribution in [2.75, 3.05) is 18.5 Å². The highest BCUT2D eigenvalue weighted by Gasteiger charge is 2.02. The summed E-state index contributed by atoms with van der Waals surface area (Å²) >= 11 is 1.60. The number of hydrogen-bond acceptors (Lipinski definition) is 5. The van der Waals surface area contributed by atoms with E-state index >= 15 is 0 Å². The molecule has 4 nitrogen and oxygen atoms in total. The number of aryl methyl sites for hydroxylation is 1. The maximum Gasteiger partial charge on any atom is 0.305 e. The van der Waals surface area contributed by atoms with Crippen LogP contribution in [0.1, 0.15) is 32.4 Å². The molecule has 90 valence electrons. The van der Waals surface area contributed by atoms with Crippen molar-refractivity contribution in [2.24, 2.45) is 0 Å². The van der Waals surface area contributed by atoms with E-state index in [1.54, 1.807) is 11.3 Å². The number of carbonyl (C=O) groups is 1. The first-order valence-electron chi connectivity index (χ1n) is 5.60. The van der Waals surface area contributed by atoms with E-state index in [9.17, 15) is 4.79 Å². The van der Waals surface area contributed by atoms with E-state index in [0.717, 1.165) is 30.2 Å². The lowest BCUT2D eigenvalue weighted by Gasteiger charge is -2.02. The van der Waals surface area contributed by atoms with Gasteiger partial charge in [0.15, 0.2) is 5.13 Å². The Morgan fingerprint density at radius 2 is 2.38 bits per heavy atom. The Morgan fingerprint density at radius 3 is 3.00 bits per heavy atom. The molecule has 0 unspecified atom stereocenters. The van der Waals surface area contributed by atoms with Gasteiger partial charge < -0.3 is 10.1 Å². The van der Waals surface area contributed by atoms with Crippen LogP contribution in [0.3, 0.4) is 0 Å². The summed E-state index contributed by atoms with van der Waals surface area (Å²) in [5.41, 5.74) is 1.11. The van der Waals surface area contributed by atoms with E-state index in [0.29, 0.717) is 13.0 Å². The summed E-state index contributed by atoms with van der Waals surface area (Å²) < 4.78 is 4.84. The zero-order valence-corrected chi connectivity index (χ0v) is 10.6. The second-order valence-electron chi connectivity index (χ2n) is 3.33. The minimum absolute atomic E-state index is 0.127. The highest BCUT2D eigenvalue weighted by Crippen LogP contribution is 2.15. The molecule has 0 radical (unpaired) electrons. The van der Waals surface area contributed by atoms with E-state index in [1.165, 1.54) is 0 Å². The maximum absolute atomic E-state index is 11.0. The van der Waals surface area contributed by atoms with Crippen LogP contribution >= 0.6 is 11.3 Å². The topological polar surface area (TPSA) is 51.2 Å². The molecule has 0 spiro atoms. The minimum Gasteiger partial charge on any atom is -0.466 e. The molecule has 16 heavy (non-hydrogen) atoms. The third kappa shape index (κ3) is 4.61. The summed E-state index contributed by atoms with van der Waals surface area (Å²) in [6, 6.07) is 0. The number of nitrogens with one attached hydrogen (secondary N) is 1. The largest absolute Gasteiger partial charge is 0.466 e. The Balaban J connectivity index is 2.13. The molecule has 0 amide bonds. The van der Waals surface area contributed by atoms with Crippen LogP contribution in [0.5, 0.6) is 0 Å². The van der Waals surface area contributed by atoms with Gasteiger partial charge in [0.05, 0.1) is 12.3 Å². The molecule has 0 aliphatic carbocycles. The Labute approximate surface area is 100 Å². The predicted octanol–water partition coefficient (Wildman–Crippen LogP) is 2.46. The maximum atomic E-state index is 11.0. The molecule has 1 rings (SSSR count). The third-order valence-corrected chi connectivity index (χ3v) is 2.90. The summed E-state index contributed by atoms with van der Waals surface area (Å²) in [4.78, 5) is 15.4.